The van der Waals surface area contributed by atoms with Crippen LogP contribution in [0.3, 0.4) is 0 Å². The van der Waals surface area contributed by atoms with Gasteiger partial charge in [-0.3, -0.25) is 4.79 Å². The number of thiazole rings is 1. The van der Waals surface area contributed by atoms with Gasteiger partial charge in [-0.2, -0.15) is 0 Å². The molecule has 1 aliphatic heterocycles. The van der Waals surface area contributed by atoms with Crippen LogP contribution in [0.15, 0.2) is 5.38 Å². The summed E-state index contributed by atoms with van der Waals surface area (Å²) in [7, 11) is 0. The zero-order chi connectivity index (χ0) is 15.5. The Hall–Kier alpha value is -0.940. The molecule has 0 unspecified atom stereocenters. The van der Waals surface area contributed by atoms with Crippen LogP contribution in [-0.4, -0.2) is 34.9 Å². The first-order valence-corrected chi connectivity index (χ1v) is 9.54. The lowest BCUT2D eigenvalue weighted by molar-refractivity contribution is -0.134. The van der Waals surface area contributed by atoms with Gasteiger partial charge in [0.15, 0.2) is 0 Å². The van der Waals surface area contributed by atoms with Gasteiger partial charge in [0.2, 0.25) is 5.91 Å². The molecule has 122 valence electrons. The van der Waals surface area contributed by atoms with E-state index in [2.05, 4.69) is 34.4 Å². The van der Waals surface area contributed by atoms with Crippen LogP contribution in [0.25, 0.3) is 0 Å². The SMILES string of the molecule is CCc1nc(CN[C@@H]2CCN(C(=O)C3CC3)C[C@H]2CC)cs1. The number of hydrogen-bond acceptors (Lipinski definition) is 4. The Kier molecular flexibility index (Phi) is 5.14. The summed E-state index contributed by atoms with van der Waals surface area (Å²) in [4.78, 5) is 19.0. The summed E-state index contributed by atoms with van der Waals surface area (Å²) in [6, 6.07) is 0.514. The van der Waals surface area contributed by atoms with Gasteiger partial charge in [-0.1, -0.05) is 20.3 Å². The first-order valence-electron chi connectivity index (χ1n) is 8.66. The average molecular weight is 321 g/mol. The minimum atomic E-state index is 0.351. The van der Waals surface area contributed by atoms with E-state index in [4.69, 9.17) is 0 Å². The van der Waals surface area contributed by atoms with Crippen LogP contribution < -0.4 is 5.32 Å². The molecule has 0 aromatic carbocycles. The van der Waals surface area contributed by atoms with Crippen LogP contribution in [0, 0.1) is 11.8 Å². The summed E-state index contributed by atoms with van der Waals surface area (Å²) in [5.74, 6) is 1.33. The van der Waals surface area contributed by atoms with Crippen molar-refractivity contribution in [1.82, 2.24) is 15.2 Å². The van der Waals surface area contributed by atoms with E-state index in [1.165, 1.54) is 5.01 Å². The standard InChI is InChI=1S/C17H27N3OS/c1-3-12-10-20(17(21)13-5-6-13)8-7-15(12)18-9-14-11-22-16(4-2)19-14/h11-13,15,18H,3-10H2,1-2H3/t12-,15-/m1/s1. The largest absolute Gasteiger partial charge is 0.342 e. The molecular formula is C17H27N3OS. The van der Waals surface area contributed by atoms with Gasteiger partial charge >= 0.3 is 0 Å². The monoisotopic (exact) mass is 321 g/mol. The third-order valence-electron chi connectivity index (χ3n) is 4.94. The van der Waals surface area contributed by atoms with Crippen LogP contribution in [0.4, 0.5) is 0 Å². The van der Waals surface area contributed by atoms with Crippen LogP contribution >= 0.6 is 11.3 Å². The average Bonchev–Trinajstić information content (AvgIpc) is 3.30. The molecule has 0 spiro atoms. The molecule has 1 N–H and O–H groups in total. The number of hydrogen-bond donors (Lipinski definition) is 1. The van der Waals surface area contributed by atoms with Crippen LogP contribution in [-0.2, 0) is 17.8 Å². The van der Waals surface area contributed by atoms with E-state index >= 15 is 0 Å². The molecule has 1 aliphatic carbocycles. The zero-order valence-electron chi connectivity index (χ0n) is 13.7. The molecule has 1 aromatic heterocycles. The van der Waals surface area contributed by atoms with Crippen molar-refractivity contribution in [3.63, 3.8) is 0 Å². The van der Waals surface area contributed by atoms with Gasteiger partial charge in [0, 0.05) is 37.0 Å². The summed E-state index contributed by atoms with van der Waals surface area (Å²) in [5, 5.41) is 7.07. The molecule has 0 radical (unpaired) electrons. The Morgan fingerprint density at radius 1 is 1.41 bits per heavy atom. The molecule has 1 aromatic rings. The Labute approximate surface area is 137 Å². The Balaban J connectivity index is 1.51. The molecule has 0 bridgehead atoms. The molecule has 2 heterocycles. The third kappa shape index (κ3) is 3.69. The van der Waals surface area contributed by atoms with Gasteiger partial charge in [-0.05, 0) is 31.6 Å². The van der Waals surface area contributed by atoms with Gasteiger partial charge in [0.05, 0.1) is 10.7 Å². The van der Waals surface area contributed by atoms with Crippen LogP contribution in [0.1, 0.15) is 50.2 Å². The van der Waals surface area contributed by atoms with Crippen molar-refractivity contribution < 1.29 is 4.79 Å². The lowest BCUT2D eigenvalue weighted by Gasteiger charge is -2.39. The molecule has 2 fully saturated rings. The van der Waals surface area contributed by atoms with E-state index in [9.17, 15) is 4.79 Å². The normalized spacial score (nSPS) is 25.5. The van der Waals surface area contributed by atoms with Crippen molar-refractivity contribution in [1.29, 1.82) is 0 Å². The number of carbonyl (C=O) groups excluding carboxylic acids is 1. The topological polar surface area (TPSA) is 45.2 Å². The summed E-state index contributed by atoms with van der Waals surface area (Å²) >= 11 is 1.75. The second kappa shape index (κ2) is 7.09. The number of aryl methyl sites for hydroxylation is 1. The van der Waals surface area contributed by atoms with Crippen LogP contribution in [0.5, 0.6) is 0 Å². The third-order valence-corrected chi connectivity index (χ3v) is 5.99. The summed E-state index contributed by atoms with van der Waals surface area (Å²) < 4.78 is 0. The molecule has 1 saturated carbocycles. The minimum absolute atomic E-state index is 0.351. The van der Waals surface area contributed by atoms with E-state index in [1.807, 2.05) is 0 Å². The van der Waals surface area contributed by atoms with Gasteiger partial charge in [0.25, 0.3) is 0 Å². The fourth-order valence-electron chi connectivity index (χ4n) is 3.33. The van der Waals surface area contributed by atoms with Crippen molar-refractivity contribution in [2.24, 2.45) is 11.8 Å². The van der Waals surface area contributed by atoms with E-state index in [1.54, 1.807) is 11.3 Å². The highest BCUT2D eigenvalue weighted by Crippen LogP contribution is 2.33. The van der Waals surface area contributed by atoms with E-state index in [0.29, 0.717) is 23.8 Å². The predicted octanol–water partition coefficient (Wildman–Crippen LogP) is 2.83. The number of aromatic nitrogens is 1. The Morgan fingerprint density at radius 3 is 2.86 bits per heavy atom. The number of likely N-dealkylation sites (tertiary alicyclic amines) is 1. The van der Waals surface area contributed by atoms with Crippen molar-refractivity contribution in [3.8, 4) is 0 Å². The van der Waals surface area contributed by atoms with Gasteiger partial charge in [-0.25, -0.2) is 4.98 Å². The Bertz CT molecular complexity index is 512. The first kappa shape index (κ1) is 15.9. The minimum Gasteiger partial charge on any atom is -0.342 e. The zero-order valence-corrected chi connectivity index (χ0v) is 14.5. The van der Waals surface area contributed by atoms with E-state index < -0.39 is 0 Å². The fraction of sp³-hybridized carbons (Fsp3) is 0.765. The number of nitrogens with one attached hydrogen (secondary N) is 1. The summed E-state index contributed by atoms with van der Waals surface area (Å²) in [6.07, 6.45) is 5.43. The molecular weight excluding hydrogens is 294 g/mol. The number of nitrogens with zero attached hydrogens (tertiary/aromatic N) is 2. The molecule has 2 aliphatic rings. The maximum Gasteiger partial charge on any atom is 0.225 e. The molecule has 4 nitrogen and oxygen atoms in total. The smallest absolute Gasteiger partial charge is 0.225 e. The molecule has 5 heteroatoms. The number of piperidine rings is 1. The molecule has 2 atom stereocenters. The highest BCUT2D eigenvalue weighted by atomic mass is 32.1. The van der Waals surface area contributed by atoms with E-state index in [-0.39, 0.29) is 0 Å². The van der Waals surface area contributed by atoms with Crippen molar-refractivity contribution >= 4 is 17.2 Å². The van der Waals surface area contributed by atoms with Crippen molar-refractivity contribution in [3.05, 3.63) is 16.1 Å². The second-order valence-corrected chi connectivity index (χ2v) is 7.53. The van der Waals surface area contributed by atoms with E-state index in [0.717, 1.165) is 57.4 Å². The maximum atomic E-state index is 12.2. The number of carbonyl (C=O) groups is 1. The van der Waals surface area contributed by atoms with Crippen molar-refractivity contribution in [2.45, 2.75) is 58.5 Å². The Morgan fingerprint density at radius 2 is 2.23 bits per heavy atom. The molecule has 22 heavy (non-hydrogen) atoms. The maximum absolute atomic E-state index is 12.2. The number of rotatable bonds is 6. The molecule has 1 amide bonds. The molecule has 1 saturated heterocycles. The van der Waals surface area contributed by atoms with Crippen molar-refractivity contribution in [2.75, 3.05) is 13.1 Å². The van der Waals surface area contributed by atoms with Gasteiger partial charge < -0.3 is 10.2 Å². The quantitative estimate of drug-likeness (QED) is 0.876. The fourth-order valence-corrected chi connectivity index (χ4v) is 4.08. The predicted molar refractivity (Wildman–Crippen MR) is 89.8 cm³/mol. The van der Waals surface area contributed by atoms with Gasteiger partial charge in [0.1, 0.15) is 0 Å². The highest BCUT2D eigenvalue weighted by Gasteiger charge is 2.37. The lowest BCUT2D eigenvalue weighted by Crippen LogP contribution is -2.51. The number of amides is 1. The second-order valence-electron chi connectivity index (χ2n) is 6.59. The first-order chi connectivity index (χ1) is 10.7. The highest BCUT2D eigenvalue weighted by molar-refractivity contribution is 7.09. The summed E-state index contributed by atoms with van der Waals surface area (Å²) in [6.45, 7) is 7.09. The summed E-state index contributed by atoms with van der Waals surface area (Å²) in [5.41, 5.74) is 1.16. The molecule has 3 rings (SSSR count). The van der Waals surface area contributed by atoms with Gasteiger partial charge in [-0.15, -0.1) is 11.3 Å². The van der Waals surface area contributed by atoms with Crippen LogP contribution in [0.2, 0.25) is 0 Å². The lowest BCUT2D eigenvalue weighted by atomic mass is 9.89.